The average molecular weight is 244 g/mol. The molecule has 0 spiro atoms. The van der Waals surface area contributed by atoms with Gasteiger partial charge in [0.05, 0.1) is 0 Å². The number of rotatable bonds is 0. The van der Waals surface area contributed by atoms with E-state index < -0.39 is 18.5 Å². The van der Waals surface area contributed by atoms with Crippen LogP contribution in [0.25, 0.3) is 0 Å². The lowest BCUT2D eigenvalue weighted by Gasteiger charge is -1.79. The third-order valence-electron chi connectivity index (χ3n) is 0. The van der Waals surface area contributed by atoms with Crippen molar-refractivity contribution in [1.29, 1.82) is 0 Å². The summed E-state index contributed by atoms with van der Waals surface area (Å²) in [6, 6.07) is 0. The number of hydrogen-bond donors (Lipinski definition) is 6. The molecule has 0 rings (SSSR count). The van der Waals surface area contributed by atoms with Crippen LogP contribution in [0.5, 0.6) is 0 Å². The highest BCUT2D eigenvalue weighted by Crippen LogP contribution is 1.81. The number of carboxylic acid groups (broad SMARTS) is 6. The van der Waals surface area contributed by atoms with E-state index in [4.69, 9.17) is 45.0 Å². The molecular weight excluding hydrogens is 228 g/mol. The molecule has 0 atom stereocenters. The van der Waals surface area contributed by atoms with Crippen LogP contribution in [-0.2, 0) is 0 Å². The number of hydrogen-bond acceptors (Lipinski definition) is 3. The first-order chi connectivity index (χ1) is 6.93. The Morgan fingerprint density at radius 3 is 0.625 bits per heavy atom. The molecule has 0 aliphatic carbocycles. The lowest BCUT2D eigenvalue weighted by atomic mass is 10.3. The van der Waals surface area contributed by atoms with Crippen molar-refractivity contribution in [1.82, 2.24) is 0 Å². The van der Waals surface area contributed by atoms with E-state index >= 15 is 0 Å². The third kappa shape index (κ3) is 288. The summed E-state index contributed by atoms with van der Waals surface area (Å²) in [5, 5.41) is 41.8. The second-order valence-corrected chi connectivity index (χ2v) is 2.58. The lowest BCUT2D eigenvalue weighted by molar-refractivity contribution is 0.135. The van der Waals surface area contributed by atoms with E-state index in [0.29, 0.717) is 0 Å². The zero-order valence-corrected chi connectivity index (χ0v) is 8.99. The Morgan fingerprint density at radius 2 is 0.625 bits per heavy atom. The van der Waals surface area contributed by atoms with Gasteiger partial charge in [0.1, 0.15) is 0 Å². The Hall–Kier alpha value is -2.19. The van der Waals surface area contributed by atoms with Gasteiger partial charge in [0.15, 0.2) is 0 Å². The average Bonchev–Trinajstić information content (AvgIpc) is 1.76. The molecule has 16 heavy (non-hydrogen) atoms. The molecule has 0 bridgehead atoms. The molecule has 6 N–H and O–H groups in total. The fourth-order valence-corrected chi connectivity index (χ4v) is 0. The maximum Gasteiger partial charge on any atom is 0.503 e. The highest BCUT2D eigenvalue weighted by molar-refractivity contribution is 5.53. The summed E-state index contributed by atoms with van der Waals surface area (Å²) in [7, 11) is 0. The molecule has 98 valence electrons. The monoisotopic (exact) mass is 244 g/mol. The Labute approximate surface area is 91.2 Å². The smallest absolute Gasteiger partial charge is 0.450 e. The highest BCUT2D eigenvalue weighted by Gasteiger charge is 1.71. The van der Waals surface area contributed by atoms with Gasteiger partial charge in [0.2, 0.25) is 0 Å². The molecule has 9 nitrogen and oxygen atoms in total. The van der Waals surface area contributed by atoms with Crippen molar-refractivity contribution in [2.75, 3.05) is 0 Å². The first-order valence-electron chi connectivity index (χ1n) is 3.69. The van der Waals surface area contributed by atoms with Crippen LogP contribution < -0.4 is 0 Å². The fraction of sp³-hybridized carbons (Fsp3) is 0.571. The van der Waals surface area contributed by atoms with Crippen LogP contribution in [0.1, 0.15) is 20.8 Å². The van der Waals surface area contributed by atoms with Gasteiger partial charge in [-0.05, 0) is 5.92 Å². The molecule has 0 amide bonds. The quantitative estimate of drug-likeness (QED) is 0.373. The number of carbonyl (C=O) groups is 3. The van der Waals surface area contributed by atoms with Crippen LogP contribution in [0.4, 0.5) is 14.4 Å². The van der Waals surface area contributed by atoms with Crippen LogP contribution in [-0.4, -0.2) is 49.1 Å². The lowest BCUT2D eigenvalue weighted by Crippen LogP contribution is -1.81. The standard InChI is InChI=1S/C4H10.3CH2O3/c1-4(2)3;3*2-1(3)4/h4H,1-3H3;3*(H2,2,3,4). The van der Waals surface area contributed by atoms with Crippen molar-refractivity contribution < 1.29 is 45.0 Å². The van der Waals surface area contributed by atoms with Gasteiger partial charge in [-0.15, -0.1) is 0 Å². The fourth-order valence-electron chi connectivity index (χ4n) is 0. The Kier molecular flexibility index (Phi) is 27.3. The van der Waals surface area contributed by atoms with Crippen molar-refractivity contribution in [3.05, 3.63) is 0 Å². The molecule has 0 fully saturated rings. The third-order valence-corrected chi connectivity index (χ3v) is 0. The maximum atomic E-state index is 8.56. The molecule has 0 aliphatic heterocycles. The van der Waals surface area contributed by atoms with Gasteiger partial charge in [-0.2, -0.15) is 0 Å². The molecular formula is C7H16O9. The van der Waals surface area contributed by atoms with Crippen LogP contribution in [0.2, 0.25) is 0 Å². The Balaban J connectivity index is -0.0000000600. The highest BCUT2D eigenvalue weighted by atomic mass is 16.6. The zero-order valence-electron chi connectivity index (χ0n) is 8.99. The molecule has 0 saturated carbocycles. The molecule has 0 unspecified atom stereocenters. The van der Waals surface area contributed by atoms with Crippen molar-refractivity contribution in [2.24, 2.45) is 5.92 Å². The summed E-state index contributed by atoms with van der Waals surface area (Å²) in [6.07, 6.45) is -5.50. The topological polar surface area (TPSA) is 173 Å². The van der Waals surface area contributed by atoms with Crippen LogP contribution in [0.3, 0.4) is 0 Å². The summed E-state index contributed by atoms with van der Waals surface area (Å²) in [6.45, 7) is 6.50. The van der Waals surface area contributed by atoms with E-state index in [2.05, 4.69) is 20.8 Å². The largest absolute Gasteiger partial charge is 0.503 e. The van der Waals surface area contributed by atoms with Crippen LogP contribution in [0, 0.1) is 5.92 Å². The van der Waals surface area contributed by atoms with Crippen LogP contribution in [0.15, 0.2) is 0 Å². The summed E-state index contributed by atoms with van der Waals surface area (Å²) >= 11 is 0. The van der Waals surface area contributed by atoms with E-state index in [0.717, 1.165) is 5.92 Å². The van der Waals surface area contributed by atoms with Gasteiger partial charge in [-0.1, -0.05) is 20.8 Å². The minimum Gasteiger partial charge on any atom is -0.450 e. The van der Waals surface area contributed by atoms with Gasteiger partial charge < -0.3 is 30.6 Å². The van der Waals surface area contributed by atoms with Gasteiger partial charge in [0.25, 0.3) is 0 Å². The summed E-state index contributed by atoms with van der Waals surface area (Å²) < 4.78 is 0. The first-order valence-corrected chi connectivity index (χ1v) is 3.69. The van der Waals surface area contributed by atoms with E-state index in [1.165, 1.54) is 0 Å². The molecule has 0 aliphatic rings. The molecule has 9 heteroatoms. The molecule has 0 radical (unpaired) electrons. The molecule has 0 aromatic rings. The normalized spacial score (nSPS) is 6.75. The molecule has 0 aromatic carbocycles. The second-order valence-electron chi connectivity index (χ2n) is 2.58. The van der Waals surface area contributed by atoms with Crippen molar-refractivity contribution >= 4 is 18.5 Å². The predicted octanol–water partition coefficient (Wildman–Crippen LogP) is 2.33. The van der Waals surface area contributed by atoms with Gasteiger partial charge in [-0.25, -0.2) is 14.4 Å². The Morgan fingerprint density at radius 1 is 0.625 bits per heavy atom. The summed E-state index contributed by atoms with van der Waals surface area (Å²) in [5.74, 6) is 0.833. The summed E-state index contributed by atoms with van der Waals surface area (Å²) in [5.41, 5.74) is 0. The Bertz CT molecular complexity index is 143. The molecule has 0 heterocycles. The van der Waals surface area contributed by atoms with Crippen molar-refractivity contribution in [3.8, 4) is 0 Å². The minimum atomic E-state index is -1.83. The van der Waals surface area contributed by atoms with Crippen molar-refractivity contribution in [2.45, 2.75) is 20.8 Å². The SMILES string of the molecule is CC(C)C.O=C(O)O.O=C(O)O.O=C(O)O. The van der Waals surface area contributed by atoms with Crippen LogP contribution >= 0.6 is 0 Å². The van der Waals surface area contributed by atoms with Gasteiger partial charge >= 0.3 is 18.5 Å². The van der Waals surface area contributed by atoms with E-state index in [-0.39, 0.29) is 0 Å². The van der Waals surface area contributed by atoms with Crippen molar-refractivity contribution in [3.63, 3.8) is 0 Å². The second kappa shape index (κ2) is 18.6. The van der Waals surface area contributed by atoms with E-state index in [9.17, 15) is 0 Å². The zero-order chi connectivity index (χ0) is 14.3. The van der Waals surface area contributed by atoms with E-state index in [1.54, 1.807) is 0 Å². The molecule has 0 aromatic heterocycles. The van der Waals surface area contributed by atoms with E-state index in [1.807, 2.05) is 0 Å². The van der Waals surface area contributed by atoms with Gasteiger partial charge in [0, 0.05) is 0 Å². The first kappa shape index (κ1) is 23.5. The maximum absolute atomic E-state index is 8.56. The molecule has 0 saturated heterocycles. The van der Waals surface area contributed by atoms with Gasteiger partial charge in [-0.3, -0.25) is 0 Å². The summed E-state index contributed by atoms with van der Waals surface area (Å²) in [4.78, 5) is 25.7. The predicted molar refractivity (Wildman–Crippen MR) is 52.5 cm³/mol. The minimum absolute atomic E-state index is 0.833.